The first-order valence-corrected chi connectivity index (χ1v) is 8.26. The molecule has 2 N–H and O–H groups in total. The molecule has 0 amide bonds. The highest BCUT2D eigenvalue weighted by atomic mass is 15.4. The Kier molecular flexibility index (Phi) is 3.72. The summed E-state index contributed by atoms with van der Waals surface area (Å²) >= 11 is 0. The van der Waals surface area contributed by atoms with Gasteiger partial charge in [-0.1, -0.05) is 36.8 Å². The Labute approximate surface area is 140 Å². The van der Waals surface area contributed by atoms with Crippen molar-refractivity contribution in [2.75, 3.05) is 5.43 Å². The van der Waals surface area contributed by atoms with E-state index in [4.69, 9.17) is 0 Å². The molecule has 1 aromatic carbocycles. The molecule has 6 nitrogen and oxygen atoms in total. The predicted molar refractivity (Wildman–Crippen MR) is 96.9 cm³/mol. The van der Waals surface area contributed by atoms with Crippen molar-refractivity contribution in [3.63, 3.8) is 0 Å². The minimum Gasteiger partial charge on any atom is -0.338 e. The van der Waals surface area contributed by atoms with Gasteiger partial charge >= 0.3 is 0 Å². The maximum absolute atomic E-state index is 4.46. The van der Waals surface area contributed by atoms with Crippen molar-refractivity contribution >= 4 is 34.2 Å². The van der Waals surface area contributed by atoms with Gasteiger partial charge < -0.3 is 4.98 Å². The smallest absolute Gasteiger partial charge is 0.265 e. The summed E-state index contributed by atoms with van der Waals surface area (Å²) in [5, 5.41) is 13.7. The van der Waals surface area contributed by atoms with E-state index in [2.05, 4.69) is 50.6 Å². The van der Waals surface area contributed by atoms with E-state index in [1.807, 2.05) is 30.5 Å². The van der Waals surface area contributed by atoms with Gasteiger partial charge in [-0.3, -0.25) is 0 Å². The van der Waals surface area contributed by atoms with Crippen LogP contribution in [0.4, 0.5) is 5.95 Å². The van der Waals surface area contributed by atoms with Crippen molar-refractivity contribution in [3.05, 3.63) is 35.9 Å². The van der Waals surface area contributed by atoms with Gasteiger partial charge in [0.2, 0.25) is 0 Å². The van der Waals surface area contributed by atoms with Crippen LogP contribution in [0.2, 0.25) is 0 Å². The van der Waals surface area contributed by atoms with Crippen LogP contribution in [0.5, 0.6) is 0 Å². The number of aromatic nitrogens is 4. The van der Waals surface area contributed by atoms with Crippen LogP contribution in [-0.2, 0) is 0 Å². The van der Waals surface area contributed by atoms with E-state index in [1.54, 1.807) is 0 Å². The quantitative estimate of drug-likeness (QED) is 0.436. The molecular formula is C18H20N6. The number of fused-ring (bicyclic) bond motifs is 3. The number of allylic oxidation sites excluding steroid dienone is 2. The highest BCUT2D eigenvalue weighted by Crippen LogP contribution is 2.27. The van der Waals surface area contributed by atoms with Crippen molar-refractivity contribution < 1.29 is 0 Å². The summed E-state index contributed by atoms with van der Waals surface area (Å²) in [5.74, 6) is 1.46. The molecule has 0 fully saturated rings. The number of hydrogen-bond donors (Lipinski definition) is 2. The van der Waals surface area contributed by atoms with Crippen LogP contribution in [-0.4, -0.2) is 26.4 Å². The molecule has 0 spiro atoms. The summed E-state index contributed by atoms with van der Waals surface area (Å²) in [6.07, 6.45) is 6.44. The van der Waals surface area contributed by atoms with E-state index in [-0.39, 0.29) is 0 Å². The maximum Gasteiger partial charge on any atom is 0.265 e. The van der Waals surface area contributed by atoms with Gasteiger partial charge in [0.25, 0.3) is 5.95 Å². The zero-order valence-corrected chi connectivity index (χ0v) is 13.8. The zero-order chi connectivity index (χ0) is 16.5. The summed E-state index contributed by atoms with van der Waals surface area (Å²) in [6.45, 7) is 4.46. The Hall–Kier alpha value is -2.76. The lowest BCUT2D eigenvalue weighted by atomic mass is 9.82. The number of H-pyrrole nitrogens is 1. The fourth-order valence-corrected chi connectivity index (χ4v) is 3.28. The van der Waals surface area contributed by atoms with Gasteiger partial charge in [0, 0.05) is 23.0 Å². The average Bonchev–Trinajstić information content (AvgIpc) is 2.94. The monoisotopic (exact) mass is 320 g/mol. The molecule has 3 aromatic rings. The second kappa shape index (κ2) is 6.03. The van der Waals surface area contributed by atoms with Gasteiger partial charge in [-0.15, -0.1) is 10.2 Å². The van der Waals surface area contributed by atoms with E-state index in [0.717, 1.165) is 29.3 Å². The fraction of sp³-hybridized carbons (Fsp3) is 0.333. The molecule has 0 unspecified atom stereocenters. The van der Waals surface area contributed by atoms with Crippen LogP contribution in [0.1, 0.15) is 26.7 Å². The number of hydrazone groups is 1. The molecule has 0 saturated heterocycles. The molecule has 0 radical (unpaired) electrons. The van der Waals surface area contributed by atoms with E-state index < -0.39 is 0 Å². The molecule has 0 aliphatic heterocycles. The Morgan fingerprint density at radius 3 is 3.04 bits per heavy atom. The molecule has 0 bridgehead atoms. The first-order chi connectivity index (χ1) is 11.7. The zero-order valence-electron chi connectivity index (χ0n) is 13.8. The summed E-state index contributed by atoms with van der Waals surface area (Å²) in [5.41, 5.74) is 6.88. The van der Waals surface area contributed by atoms with Crippen molar-refractivity contribution in [2.45, 2.75) is 26.7 Å². The number of benzene rings is 1. The SMILES string of the molecule is CC1=CC[C@H](/C=N/Nc2nnc3c(n2)[nH]c2ccccc23)[C@@H](C)C1. The molecule has 2 aromatic heterocycles. The first kappa shape index (κ1) is 14.8. The number of aromatic amines is 1. The van der Waals surface area contributed by atoms with Crippen molar-refractivity contribution in [1.82, 2.24) is 20.2 Å². The second-order valence-corrected chi connectivity index (χ2v) is 6.52. The van der Waals surface area contributed by atoms with Crippen LogP contribution >= 0.6 is 0 Å². The molecule has 4 rings (SSSR count). The highest BCUT2D eigenvalue weighted by molar-refractivity contribution is 6.03. The van der Waals surface area contributed by atoms with Crippen LogP contribution in [0.15, 0.2) is 41.0 Å². The summed E-state index contributed by atoms with van der Waals surface area (Å²) in [7, 11) is 0. The van der Waals surface area contributed by atoms with Crippen molar-refractivity contribution in [1.29, 1.82) is 0 Å². The molecule has 0 saturated carbocycles. The van der Waals surface area contributed by atoms with E-state index >= 15 is 0 Å². The molecule has 2 atom stereocenters. The number of hydrogen-bond acceptors (Lipinski definition) is 5. The molecule has 6 heteroatoms. The number of nitrogens with one attached hydrogen (secondary N) is 2. The molecule has 122 valence electrons. The standard InChI is InChI=1S/C18H20N6/c1-11-7-8-13(12(2)9-11)10-19-23-18-21-17-16(22-24-18)14-5-3-4-6-15(14)20-17/h3-7,10,12-13H,8-9H2,1-2H3,(H2,20,21,23,24)/b19-10+/t12-,13+/m0/s1. The third-order valence-corrected chi connectivity index (χ3v) is 4.67. The topological polar surface area (TPSA) is 78.8 Å². The van der Waals surface area contributed by atoms with Gasteiger partial charge in [0.1, 0.15) is 5.52 Å². The lowest BCUT2D eigenvalue weighted by Gasteiger charge is -2.24. The fourth-order valence-electron chi connectivity index (χ4n) is 3.28. The number of rotatable bonds is 3. The lowest BCUT2D eigenvalue weighted by molar-refractivity contribution is 0.438. The molecule has 2 heterocycles. The van der Waals surface area contributed by atoms with Crippen molar-refractivity contribution in [2.24, 2.45) is 16.9 Å². The van der Waals surface area contributed by atoms with Gasteiger partial charge in [-0.05, 0) is 31.7 Å². The van der Waals surface area contributed by atoms with Gasteiger partial charge in [0.15, 0.2) is 5.65 Å². The van der Waals surface area contributed by atoms with Crippen LogP contribution in [0.25, 0.3) is 22.1 Å². The number of nitrogens with zero attached hydrogens (tertiary/aromatic N) is 4. The maximum atomic E-state index is 4.46. The van der Waals surface area contributed by atoms with Gasteiger partial charge in [-0.25, -0.2) is 5.43 Å². The van der Waals surface area contributed by atoms with Gasteiger partial charge in [-0.2, -0.15) is 10.1 Å². The Morgan fingerprint density at radius 1 is 1.29 bits per heavy atom. The average molecular weight is 320 g/mol. The Balaban J connectivity index is 1.52. The molecular weight excluding hydrogens is 300 g/mol. The molecule has 1 aliphatic carbocycles. The highest BCUT2D eigenvalue weighted by Gasteiger charge is 2.18. The van der Waals surface area contributed by atoms with Crippen molar-refractivity contribution in [3.8, 4) is 0 Å². The summed E-state index contributed by atoms with van der Waals surface area (Å²) < 4.78 is 0. The molecule has 24 heavy (non-hydrogen) atoms. The third-order valence-electron chi connectivity index (χ3n) is 4.67. The summed E-state index contributed by atoms with van der Waals surface area (Å²) in [6, 6.07) is 7.98. The van der Waals surface area contributed by atoms with Crippen LogP contribution in [0, 0.1) is 11.8 Å². The molecule has 1 aliphatic rings. The number of anilines is 1. The minimum absolute atomic E-state index is 0.403. The normalized spacial score (nSPS) is 21.5. The first-order valence-electron chi connectivity index (χ1n) is 8.26. The van der Waals surface area contributed by atoms with E-state index in [1.165, 1.54) is 5.57 Å². The van der Waals surface area contributed by atoms with Crippen LogP contribution < -0.4 is 5.43 Å². The Bertz CT molecular complexity index is 939. The Morgan fingerprint density at radius 2 is 2.17 bits per heavy atom. The van der Waals surface area contributed by atoms with Crippen LogP contribution in [0.3, 0.4) is 0 Å². The lowest BCUT2D eigenvalue weighted by Crippen LogP contribution is -2.17. The van der Waals surface area contributed by atoms with E-state index in [9.17, 15) is 0 Å². The second-order valence-electron chi connectivity index (χ2n) is 6.52. The largest absolute Gasteiger partial charge is 0.338 e. The summed E-state index contributed by atoms with van der Waals surface area (Å²) in [4.78, 5) is 7.72. The van der Waals surface area contributed by atoms with Gasteiger partial charge in [0.05, 0.1) is 0 Å². The minimum atomic E-state index is 0.403. The van der Waals surface area contributed by atoms with E-state index in [0.29, 0.717) is 23.4 Å². The predicted octanol–water partition coefficient (Wildman–Crippen LogP) is 3.90. The third kappa shape index (κ3) is 2.75. The number of para-hydroxylation sites is 1.